The van der Waals surface area contributed by atoms with Gasteiger partial charge < -0.3 is 14.2 Å². The zero-order valence-corrected chi connectivity index (χ0v) is 17.6. The van der Waals surface area contributed by atoms with Gasteiger partial charge in [-0.3, -0.25) is 4.79 Å². The van der Waals surface area contributed by atoms with Gasteiger partial charge in [-0.1, -0.05) is 41.6 Å². The second kappa shape index (κ2) is 9.61. The van der Waals surface area contributed by atoms with E-state index in [2.05, 4.69) is 15.5 Å². The van der Waals surface area contributed by atoms with Gasteiger partial charge in [0.2, 0.25) is 11.8 Å². The Morgan fingerprint density at radius 2 is 1.87 bits per heavy atom. The largest absolute Gasteiger partial charge is 0.469 e. The summed E-state index contributed by atoms with van der Waals surface area (Å²) in [6, 6.07) is 17.5. The zero-order valence-electron chi connectivity index (χ0n) is 16.7. The van der Waals surface area contributed by atoms with Gasteiger partial charge in [-0.05, 0) is 48.9 Å². The molecule has 0 aliphatic heterocycles. The highest BCUT2D eigenvalue weighted by atomic mass is 32.2. The summed E-state index contributed by atoms with van der Waals surface area (Å²) in [7, 11) is 0. The molecule has 0 saturated heterocycles. The fourth-order valence-corrected chi connectivity index (χ4v) is 3.66. The minimum absolute atomic E-state index is 0.148. The molecule has 0 aliphatic rings. The predicted octanol–water partition coefficient (Wildman–Crippen LogP) is 5.22. The second-order valence-corrected chi connectivity index (χ2v) is 7.91. The molecular formula is C23H20FN3O3S. The Morgan fingerprint density at radius 3 is 2.58 bits per heavy atom. The predicted molar refractivity (Wildman–Crippen MR) is 115 cm³/mol. The van der Waals surface area contributed by atoms with Gasteiger partial charge in [0, 0.05) is 12.1 Å². The summed E-state index contributed by atoms with van der Waals surface area (Å²) in [6.45, 7) is 1.99. The molecule has 0 spiro atoms. The number of hydrogen-bond donors (Lipinski definition) is 1. The highest BCUT2D eigenvalue weighted by Crippen LogP contribution is 2.29. The molecule has 158 valence electrons. The number of carbonyl (C=O) groups is 1. The van der Waals surface area contributed by atoms with Crippen LogP contribution in [-0.2, 0) is 11.2 Å². The first-order valence-corrected chi connectivity index (χ1v) is 10.7. The topological polar surface area (TPSA) is 81.2 Å². The van der Waals surface area contributed by atoms with Gasteiger partial charge in [-0.25, -0.2) is 4.39 Å². The molecule has 0 bridgehead atoms. The van der Waals surface area contributed by atoms with E-state index in [-0.39, 0.29) is 23.4 Å². The summed E-state index contributed by atoms with van der Waals surface area (Å²) >= 11 is 1.17. The number of rotatable bonds is 8. The minimum Gasteiger partial charge on any atom is -0.469 e. The zero-order chi connectivity index (χ0) is 21.6. The number of amides is 1. The number of carbonyl (C=O) groups excluding carboxylic acids is 1. The highest BCUT2D eigenvalue weighted by molar-refractivity contribution is 7.99. The fraction of sp³-hybridized carbons (Fsp3) is 0.174. The number of nitrogens with zero attached hydrogens (tertiary/aromatic N) is 2. The summed E-state index contributed by atoms with van der Waals surface area (Å²) < 4.78 is 24.6. The molecule has 1 unspecified atom stereocenters. The molecule has 0 saturated carbocycles. The van der Waals surface area contributed by atoms with E-state index in [9.17, 15) is 9.18 Å². The number of anilines is 1. The first-order valence-electron chi connectivity index (χ1n) is 9.67. The molecule has 2 aromatic carbocycles. The lowest BCUT2D eigenvalue weighted by atomic mass is 9.93. The summed E-state index contributed by atoms with van der Waals surface area (Å²) in [5, 5.41) is 11.3. The number of benzene rings is 2. The molecule has 0 radical (unpaired) electrons. The minimum atomic E-state index is -0.303. The van der Waals surface area contributed by atoms with Crippen LogP contribution in [0.25, 0.3) is 0 Å². The van der Waals surface area contributed by atoms with Crippen LogP contribution in [0.3, 0.4) is 0 Å². The van der Waals surface area contributed by atoms with Crippen LogP contribution in [0.1, 0.15) is 28.7 Å². The van der Waals surface area contributed by atoms with E-state index < -0.39 is 0 Å². The Kier molecular flexibility index (Phi) is 6.47. The smallest absolute Gasteiger partial charge is 0.277 e. The summed E-state index contributed by atoms with van der Waals surface area (Å²) in [5.74, 6) is 0.618. The standard InChI is InChI=1S/C23H20FN3O3S/c1-15-4-10-18(11-5-15)25-21(28)14-31-23-27-26-22(30-23)13-19(20-3-2-12-29-20)16-6-8-17(24)9-7-16/h2-12,19H,13-14H2,1H3,(H,25,28). The third-order valence-electron chi connectivity index (χ3n) is 4.65. The van der Waals surface area contributed by atoms with Crippen LogP contribution >= 0.6 is 11.8 Å². The Labute approximate surface area is 182 Å². The number of furan rings is 1. The summed E-state index contributed by atoms with van der Waals surface area (Å²) in [4.78, 5) is 12.2. The normalized spacial score (nSPS) is 11.9. The maximum absolute atomic E-state index is 13.3. The van der Waals surface area contributed by atoms with Crippen molar-refractivity contribution in [3.63, 3.8) is 0 Å². The third-order valence-corrected chi connectivity index (χ3v) is 5.47. The van der Waals surface area contributed by atoms with Crippen molar-refractivity contribution in [2.45, 2.75) is 24.5 Å². The number of aryl methyl sites for hydroxylation is 1. The number of aromatic nitrogens is 2. The van der Waals surface area contributed by atoms with Crippen LogP contribution in [0.4, 0.5) is 10.1 Å². The third kappa shape index (κ3) is 5.61. The first-order chi connectivity index (χ1) is 15.1. The first kappa shape index (κ1) is 20.9. The number of halogens is 1. The number of thioether (sulfide) groups is 1. The van der Waals surface area contributed by atoms with Crippen molar-refractivity contribution >= 4 is 23.4 Å². The van der Waals surface area contributed by atoms with Crippen molar-refractivity contribution in [3.8, 4) is 0 Å². The van der Waals surface area contributed by atoms with E-state index in [1.165, 1.54) is 23.9 Å². The van der Waals surface area contributed by atoms with E-state index in [0.717, 1.165) is 22.6 Å². The molecule has 2 aromatic heterocycles. The van der Waals surface area contributed by atoms with E-state index in [1.54, 1.807) is 24.5 Å². The van der Waals surface area contributed by atoms with Crippen LogP contribution in [0.5, 0.6) is 0 Å². The highest BCUT2D eigenvalue weighted by Gasteiger charge is 2.21. The Bertz CT molecular complexity index is 1130. The molecule has 1 atom stereocenters. The van der Waals surface area contributed by atoms with Crippen LogP contribution in [0.2, 0.25) is 0 Å². The van der Waals surface area contributed by atoms with E-state index in [4.69, 9.17) is 8.83 Å². The van der Waals surface area contributed by atoms with Crippen LogP contribution < -0.4 is 5.32 Å². The molecule has 1 amide bonds. The van der Waals surface area contributed by atoms with Gasteiger partial charge in [0.25, 0.3) is 5.22 Å². The SMILES string of the molecule is Cc1ccc(NC(=O)CSc2nnc(CC(c3ccc(F)cc3)c3ccco3)o2)cc1. The van der Waals surface area contributed by atoms with E-state index in [0.29, 0.717) is 17.5 Å². The van der Waals surface area contributed by atoms with Gasteiger partial charge in [0.15, 0.2) is 0 Å². The van der Waals surface area contributed by atoms with Gasteiger partial charge in [0.1, 0.15) is 11.6 Å². The summed E-state index contributed by atoms with van der Waals surface area (Å²) in [5.41, 5.74) is 2.74. The quantitative estimate of drug-likeness (QED) is 0.381. The monoisotopic (exact) mass is 437 g/mol. The average Bonchev–Trinajstić information content (AvgIpc) is 3.45. The Morgan fingerprint density at radius 1 is 1.10 bits per heavy atom. The van der Waals surface area contributed by atoms with E-state index in [1.807, 2.05) is 37.3 Å². The molecule has 4 aromatic rings. The van der Waals surface area contributed by atoms with Crippen molar-refractivity contribution in [1.82, 2.24) is 10.2 Å². The maximum atomic E-state index is 13.3. The van der Waals surface area contributed by atoms with Crippen molar-refractivity contribution < 1.29 is 18.0 Å². The maximum Gasteiger partial charge on any atom is 0.277 e. The van der Waals surface area contributed by atoms with Gasteiger partial charge in [0.05, 0.1) is 17.9 Å². The molecule has 2 heterocycles. The fourth-order valence-electron chi connectivity index (χ4n) is 3.08. The van der Waals surface area contributed by atoms with E-state index >= 15 is 0 Å². The van der Waals surface area contributed by atoms with Crippen LogP contribution in [-0.4, -0.2) is 21.9 Å². The lowest BCUT2D eigenvalue weighted by Gasteiger charge is -2.13. The van der Waals surface area contributed by atoms with Crippen molar-refractivity contribution in [2.24, 2.45) is 0 Å². The Hall–Kier alpha value is -3.39. The second-order valence-electron chi connectivity index (χ2n) is 6.99. The average molecular weight is 437 g/mol. The molecule has 6 nitrogen and oxygen atoms in total. The molecule has 0 fully saturated rings. The molecule has 4 rings (SSSR count). The van der Waals surface area contributed by atoms with Crippen molar-refractivity contribution in [1.29, 1.82) is 0 Å². The molecule has 1 N–H and O–H groups in total. The van der Waals surface area contributed by atoms with Crippen molar-refractivity contribution in [2.75, 3.05) is 11.1 Å². The van der Waals surface area contributed by atoms with Crippen LogP contribution in [0.15, 0.2) is 81.0 Å². The lowest BCUT2D eigenvalue weighted by molar-refractivity contribution is -0.113. The lowest BCUT2D eigenvalue weighted by Crippen LogP contribution is -2.13. The molecule has 0 aliphatic carbocycles. The molecular weight excluding hydrogens is 417 g/mol. The molecule has 31 heavy (non-hydrogen) atoms. The number of nitrogens with one attached hydrogen (secondary N) is 1. The van der Waals surface area contributed by atoms with Crippen LogP contribution in [0, 0.1) is 12.7 Å². The molecule has 8 heteroatoms. The van der Waals surface area contributed by atoms with Crippen molar-refractivity contribution in [3.05, 3.63) is 95.5 Å². The Balaban J connectivity index is 1.38. The number of hydrogen-bond acceptors (Lipinski definition) is 6. The van der Waals surface area contributed by atoms with Gasteiger partial charge >= 0.3 is 0 Å². The van der Waals surface area contributed by atoms with Gasteiger partial charge in [-0.2, -0.15) is 0 Å². The summed E-state index contributed by atoms with van der Waals surface area (Å²) in [6.07, 6.45) is 1.98. The van der Waals surface area contributed by atoms with Gasteiger partial charge in [-0.15, -0.1) is 10.2 Å².